The summed E-state index contributed by atoms with van der Waals surface area (Å²) < 4.78 is 16.2. The van der Waals surface area contributed by atoms with E-state index in [-0.39, 0.29) is 12.4 Å². The molecule has 8 heteroatoms. The van der Waals surface area contributed by atoms with Gasteiger partial charge in [0.05, 0.1) is 7.11 Å². The van der Waals surface area contributed by atoms with Crippen LogP contribution >= 0.6 is 0 Å². The smallest absolute Gasteiger partial charge is 0.437 e. The first kappa shape index (κ1) is 16.4. The van der Waals surface area contributed by atoms with Crippen LogP contribution in [0.2, 0.25) is 0 Å². The van der Waals surface area contributed by atoms with Crippen molar-refractivity contribution in [3.05, 3.63) is 48.5 Å². The lowest BCUT2D eigenvalue weighted by Crippen LogP contribution is -2.41. The molecule has 0 saturated carbocycles. The third-order valence-electron chi connectivity index (χ3n) is 3.41. The number of fused-ring (bicyclic) bond motifs is 1. The lowest BCUT2D eigenvalue weighted by Gasteiger charge is -2.25. The standard InChI is InChI=1S/C17H17N3O5/c1-22-12-8-6-11(7-9-12)19-17(21)25-20-16(18)15-10-23-13-4-2-3-5-14(13)24-15/h2-9,15H,10H2,1H3,(H2,18,20)(H,19,21)/t15-/m1/s1. The molecule has 3 rings (SSSR count). The van der Waals surface area contributed by atoms with Crippen LogP contribution in [0.4, 0.5) is 10.5 Å². The molecule has 25 heavy (non-hydrogen) atoms. The molecule has 0 saturated heterocycles. The highest BCUT2D eigenvalue weighted by Crippen LogP contribution is 2.30. The monoisotopic (exact) mass is 343 g/mol. The van der Waals surface area contributed by atoms with Crippen LogP contribution in [-0.4, -0.2) is 31.7 Å². The van der Waals surface area contributed by atoms with E-state index in [1.165, 1.54) is 0 Å². The van der Waals surface area contributed by atoms with E-state index in [0.717, 1.165) is 0 Å². The number of nitrogens with one attached hydrogen (secondary N) is 1. The molecule has 2 aromatic rings. The Labute approximate surface area is 144 Å². The molecular weight excluding hydrogens is 326 g/mol. The molecule has 8 nitrogen and oxygen atoms in total. The van der Waals surface area contributed by atoms with Crippen LogP contribution < -0.4 is 25.3 Å². The average Bonchev–Trinajstić information content (AvgIpc) is 2.66. The number of carbonyl (C=O) groups is 1. The van der Waals surface area contributed by atoms with Gasteiger partial charge in [0.15, 0.2) is 23.4 Å². The summed E-state index contributed by atoms with van der Waals surface area (Å²) >= 11 is 0. The highest BCUT2D eigenvalue weighted by molar-refractivity contribution is 5.88. The van der Waals surface area contributed by atoms with Gasteiger partial charge in [-0.2, -0.15) is 0 Å². The van der Waals surface area contributed by atoms with Gasteiger partial charge >= 0.3 is 6.09 Å². The van der Waals surface area contributed by atoms with E-state index >= 15 is 0 Å². The first-order chi connectivity index (χ1) is 12.2. The van der Waals surface area contributed by atoms with E-state index in [9.17, 15) is 4.79 Å². The van der Waals surface area contributed by atoms with E-state index in [2.05, 4.69) is 10.5 Å². The van der Waals surface area contributed by atoms with Crippen molar-refractivity contribution in [2.45, 2.75) is 6.10 Å². The summed E-state index contributed by atoms with van der Waals surface area (Å²) in [5, 5.41) is 6.12. The van der Waals surface area contributed by atoms with E-state index < -0.39 is 12.2 Å². The van der Waals surface area contributed by atoms with Crippen LogP contribution in [0, 0.1) is 0 Å². The van der Waals surface area contributed by atoms with E-state index in [1.807, 2.05) is 12.1 Å². The minimum atomic E-state index is -0.773. The molecule has 0 fully saturated rings. The second-order valence-corrected chi connectivity index (χ2v) is 5.11. The number of amides is 1. The second-order valence-electron chi connectivity index (χ2n) is 5.11. The predicted octanol–water partition coefficient (Wildman–Crippen LogP) is 2.36. The molecule has 0 spiro atoms. The fourth-order valence-electron chi connectivity index (χ4n) is 2.13. The number of carbonyl (C=O) groups excluding carboxylic acids is 1. The molecule has 130 valence electrons. The Morgan fingerprint density at radius 2 is 1.92 bits per heavy atom. The van der Waals surface area contributed by atoms with Crippen molar-refractivity contribution in [2.75, 3.05) is 19.0 Å². The Morgan fingerprint density at radius 3 is 2.64 bits per heavy atom. The van der Waals surface area contributed by atoms with Gasteiger partial charge in [-0.25, -0.2) is 4.79 Å². The molecule has 0 unspecified atom stereocenters. The van der Waals surface area contributed by atoms with Crippen LogP contribution in [0.25, 0.3) is 0 Å². The summed E-state index contributed by atoms with van der Waals surface area (Å²) in [6, 6.07) is 14.0. The predicted molar refractivity (Wildman–Crippen MR) is 91.1 cm³/mol. The van der Waals surface area contributed by atoms with Crippen molar-refractivity contribution in [3.8, 4) is 17.2 Å². The van der Waals surface area contributed by atoms with E-state index in [0.29, 0.717) is 22.9 Å². The molecule has 0 bridgehead atoms. The molecule has 0 aliphatic carbocycles. The number of hydrogen-bond donors (Lipinski definition) is 2. The molecule has 1 aliphatic heterocycles. The van der Waals surface area contributed by atoms with Crippen LogP contribution in [0.1, 0.15) is 0 Å². The van der Waals surface area contributed by atoms with Crippen LogP contribution in [0.5, 0.6) is 17.2 Å². The molecule has 0 aromatic heterocycles. The largest absolute Gasteiger partial charge is 0.497 e. The molecular formula is C17H17N3O5. The average molecular weight is 343 g/mol. The molecule has 0 radical (unpaired) electrons. The molecule has 2 aromatic carbocycles. The maximum atomic E-state index is 11.8. The molecule has 1 aliphatic rings. The van der Waals surface area contributed by atoms with Crippen molar-refractivity contribution in [1.29, 1.82) is 0 Å². The summed E-state index contributed by atoms with van der Waals surface area (Å²) in [6.45, 7) is 0.176. The van der Waals surface area contributed by atoms with Crippen molar-refractivity contribution in [2.24, 2.45) is 10.9 Å². The lowest BCUT2D eigenvalue weighted by molar-refractivity contribution is 0.127. The molecule has 3 N–H and O–H groups in total. The van der Waals surface area contributed by atoms with Gasteiger partial charge in [0.25, 0.3) is 0 Å². The number of anilines is 1. The summed E-state index contributed by atoms with van der Waals surface area (Å²) in [5.41, 5.74) is 6.34. The number of ether oxygens (including phenoxy) is 3. The lowest BCUT2D eigenvalue weighted by atomic mass is 10.2. The zero-order chi connectivity index (χ0) is 17.6. The number of benzene rings is 2. The van der Waals surface area contributed by atoms with Gasteiger partial charge in [-0.05, 0) is 36.4 Å². The van der Waals surface area contributed by atoms with Crippen LogP contribution in [-0.2, 0) is 4.84 Å². The topological polar surface area (TPSA) is 104 Å². The van der Waals surface area contributed by atoms with Gasteiger partial charge in [0.1, 0.15) is 12.4 Å². The van der Waals surface area contributed by atoms with Gasteiger partial charge in [0, 0.05) is 5.69 Å². The highest BCUT2D eigenvalue weighted by atomic mass is 16.7. The number of amidine groups is 1. The summed E-state index contributed by atoms with van der Waals surface area (Å²) in [7, 11) is 1.56. The number of hydrogen-bond acceptors (Lipinski definition) is 6. The SMILES string of the molecule is COc1ccc(NC(=O)O/N=C(\N)[C@H]2COc3ccccc3O2)cc1. The fraction of sp³-hybridized carbons (Fsp3) is 0.176. The zero-order valence-electron chi connectivity index (χ0n) is 13.5. The first-order valence-corrected chi connectivity index (χ1v) is 7.49. The van der Waals surface area contributed by atoms with E-state index in [1.54, 1.807) is 43.5 Å². The Morgan fingerprint density at radius 1 is 1.20 bits per heavy atom. The third-order valence-corrected chi connectivity index (χ3v) is 3.41. The summed E-state index contributed by atoms with van der Waals surface area (Å²) in [4.78, 5) is 16.5. The third kappa shape index (κ3) is 4.11. The number of oxime groups is 1. The minimum absolute atomic E-state index is 0.000570. The minimum Gasteiger partial charge on any atom is -0.497 e. The number of rotatable bonds is 4. The van der Waals surface area contributed by atoms with Crippen molar-refractivity contribution in [3.63, 3.8) is 0 Å². The Hall–Kier alpha value is -3.42. The number of para-hydroxylation sites is 2. The van der Waals surface area contributed by atoms with Gasteiger partial charge < -0.3 is 19.9 Å². The van der Waals surface area contributed by atoms with Crippen molar-refractivity contribution >= 4 is 17.6 Å². The summed E-state index contributed by atoms with van der Waals surface area (Å²) in [6.07, 6.45) is -1.41. The van der Waals surface area contributed by atoms with Gasteiger partial charge in [0.2, 0.25) is 0 Å². The highest BCUT2D eigenvalue weighted by Gasteiger charge is 2.24. The maximum absolute atomic E-state index is 11.8. The van der Waals surface area contributed by atoms with Crippen molar-refractivity contribution < 1.29 is 23.8 Å². The van der Waals surface area contributed by atoms with Gasteiger partial charge in [-0.15, -0.1) is 0 Å². The number of methoxy groups -OCH3 is 1. The van der Waals surface area contributed by atoms with Crippen LogP contribution in [0.3, 0.4) is 0 Å². The molecule has 1 amide bonds. The second kappa shape index (κ2) is 7.43. The fourth-order valence-corrected chi connectivity index (χ4v) is 2.13. The van der Waals surface area contributed by atoms with Crippen LogP contribution in [0.15, 0.2) is 53.7 Å². The Bertz CT molecular complexity index is 776. The van der Waals surface area contributed by atoms with Gasteiger partial charge in [-0.1, -0.05) is 17.3 Å². The molecule has 1 atom stereocenters. The molecule has 1 heterocycles. The first-order valence-electron chi connectivity index (χ1n) is 7.49. The Balaban J connectivity index is 1.55. The van der Waals surface area contributed by atoms with Gasteiger partial charge in [-0.3, -0.25) is 10.2 Å². The van der Waals surface area contributed by atoms with E-state index in [4.69, 9.17) is 24.8 Å². The quantitative estimate of drug-likeness (QED) is 0.382. The van der Waals surface area contributed by atoms with Crippen molar-refractivity contribution in [1.82, 2.24) is 0 Å². The summed E-state index contributed by atoms with van der Waals surface area (Å²) in [5.74, 6) is 1.86. The normalized spacial score (nSPS) is 16.0. The number of nitrogens with zero attached hydrogens (tertiary/aromatic N) is 1. The maximum Gasteiger partial charge on any atom is 0.437 e. The Kier molecular flexibility index (Phi) is 4.89. The zero-order valence-corrected chi connectivity index (χ0v) is 13.5. The number of nitrogens with two attached hydrogens (primary N) is 1.